The molecule has 39 heavy (non-hydrogen) atoms. The van der Waals surface area contributed by atoms with Gasteiger partial charge in [-0.1, -0.05) is 44.2 Å². The molecule has 0 fully saturated rings. The number of ether oxygens (including phenoxy) is 1. The first-order valence-corrected chi connectivity index (χ1v) is 16.4. The molecule has 2 aromatic rings. The molecule has 0 aliphatic heterocycles. The highest BCUT2D eigenvalue weighted by molar-refractivity contribution is 7.89. The van der Waals surface area contributed by atoms with Gasteiger partial charge < -0.3 is 29.9 Å². The second-order valence-electron chi connectivity index (χ2n) is 9.59. The minimum atomic E-state index is -3.86. The van der Waals surface area contributed by atoms with Gasteiger partial charge in [-0.15, -0.1) is 0 Å². The topological polar surface area (TPSA) is 140 Å². The third-order valence-corrected chi connectivity index (χ3v) is 9.44. The standard InChI is InChI=1S/C27H44N3O7PS/c1-5-36-38(32,37-6-2)21-35-17-16-29-26(18-23-10-8-7-9-11-23)27(31)20-30(19-22(3)4)39(33,34)25-14-12-24(28)13-15-25/h7-15,22,26-27,29,31H,5-6,16-21,28H2,1-4H3/t26-,27-/m1/s1. The molecule has 0 aromatic heterocycles. The summed E-state index contributed by atoms with van der Waals surface area (Å²) >= 11 is 0. The number of anilines is 1. The van der Waals surface area contributed by atoms with Crippen LogP contribution in [-0.4, -0.2) is 75.8 Å². The summed E-state index contributed by atoms with van der Waals surface area (Å²) in [7, 11) is -7.19. The first-order valence-electron chi connectivity index (χ1n) is 13.3. The molecule has 12 heteroatoms. The number of nitrogens with zero attached hydrogens (tertiary/aromatic N) is 1. The van der Waals surface area contributed by atoms with Gasteiger partial charge in [0.15, 0.2) is 0 Å². The van der Waals surface area contributed by atoms with Crippen LogP contribution in [-0.2, 0) is 34.8 Å². The van der Waals surface area contributed by atoms with Crippen LogP contribution in [0, 0.1) is 5.92 Å². The van der Waals surface area contributed by atoms with E-state index in [0.717, 1.165) is 5.56 Å². The van der Waals surface area contributed by atoms with E-state index in [1.165, 1.54) is 16.4 Å². The van der Waals surface area contributed by atoms with Crippen molar-refractivity contribution in [3.63, 3.8) is 0 Å². The molecule has 0 radical (unpaired) electrons. The predicted molar refractivity (Wildman–Crippen MR) is 154 cm³/mol. The van der Waals surface area contributed by atoms with Gasteiger partial charge >= 0.3 is 7.60 Å². The van der Waals surface area contributed by atoms with Crippen molar-refractivity contribution in [1.82, 2.24) is 9.62 Å². The summed E-state index contributed by atoms with van der Waals surface area (Å²) in [6, 6.07) is 15.2. The third kappa shape index (κ3) is 11.3. The van der Waals surface area contributed by atoms with E-state index in [1.807, 2.05) is 44.2 Å². The monoisotopic (exact) mass is 585 g/mol. The van der Waals surface area contributed by atoms with E-state index >= 15 is 0 Å². The fourth-order valence-electron chi connectivity index (χ4n) is 4.01. The second kappa shape index (κ2) is 16.4. The predicted octanol–water partition coefficient (Wildman–Crippen LogP) is 3.72. The van der Waals surface area contributed by atoms with Gasteiger partial charge in [0, 0.05) is 31.4 Å². The zero-order chi connectivity index (χ0) is 28.9. The van der Waals surface area contributed by atoms with Crippen molar-refractivity contribution >= 4 is 23.3 Å². The fourth-order valence-corrected chi connectivity index (χ4v) is 7.00. The Morgan fingerprint density at radius 1 is 1.00 bits per heavy atom. The average molecular weight is 586 g/mol. The van der Waals surface area contributed by atoms with E-state index in [-0.39, 0.29) is 50.1 Å². The molecule has 0 amide bonds. The summed E-state index contributed by atoms with van der Waals surface area (Å²) < 4.78 is 56.9. The highest BCUT2D eigenvalue weighted by Crippen LogP contribution is 2.47. The molecule has 0 saturated carbocycles. The molecule has 2 aromatic carbocycles. The normalized spacial score (nSPS) is 14.1. The quantitative estimate of drug-likeness (QED) is 0.128. The zero-order valence-electron chi connectivity index (χ0n) is 23.4. The molecule has 0 heterocycles. The van der Waals surface area contributed by atoms with Gasteiger partial charge in [-0.2, -0.15) is 4.31 Å². The highest BCUT2D eigenvalue weighted by atomic mass is 32.2. The van der Waals surface area contributed by atoms with Crippen LogP contribution in [0.4, 0.5) is 5.69 Å². The van der Waals surface area contributed by atoms with Gasteiger partial charge in [0.05, 0.1) is 30.8 Å². The summed E-state index contributed by atoms with van der Waals surface area (Å²) in [6.45, 7) is 8.50. The number of nitrogens with one attached hydrogen (secondary N) is 1. The largest absolute Gasteiger partial charge is 0.399 e. The van der Waals surface area contributed by atoms with Crippen LogP contribution in [0.1, 0.15) is 33.3 Å². The van der Waals surface area contributed by atoms with Gasteiger partial charge in [0.1, 0.15) is 6.35 Å². The first kappa shape index (κ1) is 33.4. The van der Waals surface area contributed by atoms with Crippen molar-refractivity contribution in [2.75, 3.05) is 51.5 Å². The Balaban J connectivity index is 2.14. The maximum atomic E-state index is 13.5. The summed E-state index contributed by atoms with van der Waals surface area (Å²) in [4.78, 5) is 0.124. The highest BCUT2D eigenvalue weighted by Gasteiger charge is 2.30. The second-order valence-corrected chi connectivity index (χ2v) is 13.5. The fraction of sp³-hybridized carbons (Fsp3) is 0.556. The maximum absolute atomic E-state index is 13.5. The summed E-state index contributed by atoms with van der Waals surface area (Å²) in [5.74, 6) is 0.0426. The number of rotatable bonds is 19. The SMILES string of the molecule is CCOP(=O)(COCCN[C@H](Cc1ccccc1)[C@H](O)CN(CC(C)C)S(=O)(=O)c1ccc(N)cc1)OCC. The number of nitrogens with two attached hydrogens (primary N) is 1. The molecule has 4 N–H and O–H groups in total. The van der Waals surface area contributed by atoms with Crippen LogP contribution in [0.2, 0.25) is 0 Å². The van der Waals surface area contributed by atoms with E-state index in [4.69, 9.17) is 19.5 Å². The molecule has 220 valence electrons. The molecule has 2 rings (SSSR count). The Kier molecular flexibility index (Phi) is 14.1. The number of nitrogen functional groups attached to an aromatic ring is 1. The average Bonchev–Trinajstić information content (AvgIpc) is 2.88. The van der Waals surface area contributed by atoms with Gasteiger partial charge in [-0.05, 0) is 56.0 Å². The number of aliphatic hydroxyl groups excluding tert-OH is 1. The molecule has 10 nitrogen and oxygen atoms in total. The molecular weight excluding hydrogens is 541 g/mol. The number of benzene rings is 2. The Morgan fingerprint density at radius 2 is 1.62 bits per heavy atom. The lowest BCUT2D eigenvalue weighted by Crippen LogP contribution is -2.50. The zero-order valence-corrected chi connectivity index (χ0v) is 25.1. The maximum Gasteiger partial charge on any atom is 0.356 e. The van der Waals surface area contributed by atoms with Crippen molar-refractivity contribution in [2.45, 2.75) is 51.2 Å². The van der Waals surface area contributed by atoms with Crippen LogP contribution in [0.5, 0.6) is 0 Å². The minimum Gasteiger partial charge on any atom is -0.399 e. The van der Waals surface area contributed by atoms with Crippen molar-refractivity contribution in [1.29, 1.82) is 0 Å². The van der Waals surface area contributed by atoms with E-state index < -0.39 is 29.8 Å². The van der Waals surface area contributed by atoms with Crippen molar-refractivity contribution in [2.24, 2.45) is 5.92 Å². The number of hydrogen-bond donors (Lipinski definition) is 3. The molecule has 0 unspecified atom stereocenters. The van der Waals surface area contributed by atoms with Crippen LogP contribution in [0.3, 0.4) is 0 Å². The van der Waals surface area contributed by atoms with E-state index in [0.29, 0.717) is 18.7 Å². The van der Waals surface area contributed by atoms with Crippen LogP contribution >= 0.6 is 7.60 Å². The summed E-state index contributed by atoms with van der Waals surface area (Å²) in [5.41, 5.74) is 7.21. The molecule has 2 atom stereocenters. The molecule has 0 saturated heterocycles. The smallest absolute Gasteiger partial charge is 0.356 e. The Morgan fingerprint density at radius 3 is 2.18 bits per heavy atom. The van der Waals surface area contributed by atoms with E-state index in [2.05, 4.69) is 5.32 Å². The Labute approximate surface area is 233 Å². The van der Waals surface area contributed by atoms with Gasteiger partial charge in [-0.25, -0.2) is 8.42 Å². The summed E-state index contributed by atoms with van der Waals surface area (Å²) in [5, 5.41) is 14.6. The van der Waals surface area contributed by atoms with Crippen molar-refractivity contribution in [3.8, 4) is 0 Å². The van der Waals surface area contributed by atoms with Gasteiger partial charge in [0.2, 0.25) is 10.0 Å². The Hall–Kier alpha value is -1.82. The van der Waals surface area contributed by atoms with Crippen molar-refractivity contribution < 1.29 is 31.9 Å². The van der Waals surface area contributed by atoms with Gasteiger partial charge in [0.25, 0.3) is 0 Å². The minimum absolute atomic E-state index is 0.0426. The molecule has 0 aliphatic rings. The molecular formula is C27H44N3O7PS. The van der Waals surface area contributed by atoms with Crippen LogP contribution < -0.4 is 11.1 Å². The molecule has 0 bridgehead atoms. The lowest BCUT2D eigenvalue weighted by atomic mass is 10.0. The number of hydrogen-bond acceptors (Lipinski definition) is 9. The lowest BCUT2D eigenvalue weighted by molar-refractivity contribution is 0.0916. The van der Waals surface area contributed by atoms with Gasteiger partial charge in [-0.3, -0.25) is 4.57 Å². The van der Waals surface area contributed by atoms with Crippen molar-refractivity contribution in [3.05, 3.63) is 60.2 Å². The summed E-state index contributed by atoms with van der Waals surface area (Å²) in [6.07, 6.45) is -0.731. The first-order chi connectivity index (χ1) is 18.5. The van der Waals surface area contributed by atoms with E-state index in [9.17, 15) is 18.1 Å². The Bertz CT molecular complexity index is 1110. The number of aliphatic hydroxyl groups is 1. The van der Waals surface area contributed by atoms with Crippen LogP contribution in [0.15, 0.2) is 59.5 Å². The van der Waals surface area contributed by atoms with Crippen LogP contribution in [0.25, 0.3) is 0 Å². The number of sulfonamides is 1. The van der Waals surface area contributed by atoms with E-state index in [1.54, 1.807) is 26.0 Å². The lowest BCUT2D eigenvalue weighted by Gasteiger charge is -2.31. The molecule has 0 spiro atoms. The molecule has 0 aliphatic carbocycles. The third-order valence-electron chi connectivity index (χ3n) is 5.79.